The highest BCUT2D eigenvalue weighted by atomic mass is 79.9. The van der Waals surface area contributed by atoms with E-state index in [1.165, 1.54) is 0 Å². The monoisotopic (exact) mass is 566 g/mol. The van der Waals surface area contributed by atoms with Gasteiger partial charge in [-0.2, -0.15) is 0 Å². The Labute approximate surface area is 232 Å². The normalized spacial score (nSPS) is 19.5. The summed E-state index contributed by atoms with van der Waals surface area (Å²) in [7, 11) is 1.23. The van der Waals surface area contributed by atoms with Crippen LogP contribution in [0.25, 0.3) is 11.1 Å². The first-order chi connectivity index (χ1) is 18.4. The number of aldehydes is 1. The average molecular weight is 567 g/mol. The van der Waals surface area contributed by atoms with Crippen LogP contribution in [0.5, 0.6) is 5.75 Å². The molecule has 0 spiro atoms. The molecule has 1 fully saturated rings. The molecule has 0 radical (unpaired) electrons. The van der Waals surface area contributed by atoms with Crippen LogP contribution in [0, 0.1) is 5.41 Å². The van der Waals surface area contributed by atoms with Crippen molar-refractivity contribution in [2.24, 2.45) is 5.41 Å². The molecule has 0 amide bonds. The van der Waals surface area contributed by atoms with Crippen LogP contribution in [-0.2, 0) is 14.7 Å². The van der Waals surface area contributed by atoms with Crippen molar-refractivity contribution >= 4 is 34.8 Å². The molecule has 0 saturated carbocycles. The summed E-state index contributed by atoms with van der Waals surface area (Å²) in [6, 6.07) is 29.1. The number of hydrogen-bond acceptors (Lipinski definition) is 4. The highest BCUT2D eigenvalue weighted by molar-refractivity contribution is 9.10. The first kappa shape index (κ1) is 25.1. The topological polar surface area (TPSA) is 44.8 Å². The minimum Gasteiger partial charge on any atom is -0.497 e. The van der Waals surface area contributed by atoms with Gasteiger partial charge in [0.25, 0.3) is 0 Å². The SMILES string of the molecule is COc1ccc(C2(c3ccc(C=O)cc3)c3cc(Br)ccc3-c3c(B4OCC(C)(C)CO4)cccc32)cc1. The van der Waals surface area contributed by atoms with E-state index in [1.54, 1.807) is 7.11 Å². The fraction of sp³-hybridized carbons (Fsp3) is 0.219. The number of fused-ring (bicyclic) bond motifs is 3. The molecule has 6 heteroatoms. The van der Waals surface area contributed by atoms with Crippen LogP contribution in [0.4, 0.5) is 0 Å². The van der Waals surface area contributed by atoms with Crippen molar-refractivity contribution in [1.29, 1.82) is 0 Å². The van der Waals surface area contributed by atoms with Gasteiger partial charge in [0.05, 0.1) is 12.5 Å². The molecule has 1 atom stereocenters. The van der Waals surface area contributed by atoms with Crippen molar-refractivity contribution in [2.75, 3.05) is 20.3 Å². The van der Waals surface area contributed by atoms with Crippen molar-refractivity contribution in [3.05, 3.63) is 117 Å². The Morgan fingerprint density at radius 1 is 0.868 bits per heavy atom. The van der Waals surface area contributed by atoms with Crippen molar-refractivity contribution < 1.29 is 18.8 Å². The maximum absolute atomic E-state index is 11.5. The molecule has 0 bridgehead atoms. The summed E-state index contributed by atoms with van der Waals surface area (Å²) in [6.07, 6.45) is 0.883. The molecule has 0 aromatic heterocycles. The third-order valence-electron chi connectivity index (χ3n) is 7.66. The van der Waals surface area contributed by atoms with Gasteiger partial charge >= 0.3 is 7.12 Å². The molecule has 4 nitrogen and oxygen atoms in total. The van der Waals surface area contributed by atoms with E-state index in [1.807, 2.05) is 24.3 Å². The quantitative estimate of drug-likeness (QED) is 0.182. The zero-order valence-corrected chi connectivity index (χ0v) is 23.2. The van der Waals surface area contributed by atoms with Crippen LogP contribution in [0.1, 0.15) is 46.5 Å². The predicted molar refractivity (Wildman–Crippen MR) is 154 cm³/mol. The fourth-order valence-electron chi connectivity index (χ4n) is 5.88. The highest BCUT2D eigenvalue weighted by Crippen LogP contribution is 2.56. The maximum Gasteiger partial charge on any atom is 0.494 e. The van der Waals surface area contributed by atoms with Gasteiger partial charge in [-0.15, -0.1) is 0 Å². The van der Waals surface area contributed by atoms with Crippen molar-refractivity contribution in [2.45, 2.75) is 19.3 Å². The number of carbonyl (C=O) groups excluding carboxylic acids is 1. The van der Waals surface area contributed by atoms with Crippen LogP contribution < -0.4 is 10.2 Å². The van der Waals surface area contributed by atoms with Crippen LogP contribution in [0.15, 0.2) is 89.4 Å². The number of ether oxygens (including phenoxy) is 1. The summed E-state index contributed by atoms with van der Waals surface area (Å²) in [5.41, 5.74) is 7.82. The van der Waals surface area contributed by atoms with E-state index in [0.717, 1.165) is 55.4 Å². The standard InChI is InChI=1S/C32H28BBrO4/c1-31(2)19-37-33(38-20-31)29-6-4-5-27-30(29)26-16-13-24(34)17-28(26)32(27,22-9-7-21(18-35)8-10-22)23-11-14-25(36-3)15-12-23/h4-18H,19-20H2,1-3H3. The number of carbonyl (C=O) groups is 1. The summed E-state index contributed by atoms with van der Waals surface area (Å²) < 4.78 is 19.1. The minimum absolute atomic E-state index is 0.0234. The fourth-order valence-corrected chi connectivity index (χ4v) is 6.24. The molecular weight excluding hydrogens is 539 g/mol. The van der Waals surface area contributed by atoms with Gasteiger partial charge in [0.1, 0.15) is 12.0 Å². The number of rotatable bonds is 5. The molecule has 1 saturated heterocycles. The molecule has 4 aromatic rings. The van der Waals surface area contributed by atoms with Crippen molar-refractivity contribution in [1.82, 2.24) is 0 Å². The first-order valence-corrected chi connectivity index (χ1v) is 13.5. The zero-order chi connectivity index (χ0) is 26.5. The number of hydrogen-bond donors (Lipinski definition) is 0. The molecule has 1 unspecified atom stereocenters. The predicted octanol–water partition coefficient (Wildman–Crippen LogP) is 6.40. The van der Waals surface area contributed by atoms with Gasteiger partial charge in [0, 0.05) is 28.7 Å². The van der Waals surface area contributed by atoms with Gasteiger partial charge in [-0.05, 0) is 63.1 Å². The lowest BCUT2D eigenvalue weighted by Gasteiger charge is -2.35. The summed E-state index contributed by atoms with van der Waals surface area (Å²) in [5, 5.41) is 0. The van der Waals surface area contributed by atoms with Gasteiger partial charge < -0.3 is 14.0 Å². The second-order valence-electron chi connectivity index (χ2n) is 10.8. The van der Waals surface area contributed by atoms with Crippen LogP contribution in [0.2, 0.25) is 0 Å². The number of benzene rings is 4. The Kier molecular flexibility index (Phi) is 6.30. The lowest BCUT2D eigenvalue weighted by atomic mass is 9.66. The Morgan fingerprint density at radius 3 is 2.16 bits per heavy atom. The van der Waals surface area contributed by atoms with Gasteiger partial charge in [-0.3, -0.25) is 4.79 Å². The van der Waals surface area contributed by atoms with Gasteiger partial charge in [-0.25, -0.2) is 0 Å². The number of methoxy groups -OCH3 is 1. The highest BCUT2D eigenvalue weighted by Gasteiger charge is 2.48. The lowest BCUT2D eigenvalue weighted by molar-refractivity contribution is 0.0343. The second kappa shape index (κ2) is 9.53. The van der Waals surface area contributed by atoms with Crippen LogP contribution >= 0.6 is 15.9 Å². The largest absolute Gasteiger partial charge is 0.497 e. The molecule has 4 aromatic carbocycles. The molecule has 38 heavy (non-hydrogen) atoms. The van der Waals surface area contributed by atoms with Gasteiger partial charge in [-0.1, -0.05) is 90.4 Å². The van der Waals surface area contributed by atoms with Crippen molar-refractivity contribution in [3.63, 3.8) is 0 Å². The second-order valence-corrected chi connectivity index (χ2v) is 11.7. The number of halogens is 1. The Hall–Kier alpha value is -3.19. The Balaban J connectivity index is 1.66. The van der Waals surface area contributed by atoms with Crippen LogP contribution in [0.3, 0.4) is 0 Å². The average Bonchev–Trinajstić information content (AvgIpc) is 3.23. The Bertz CT molecular complexity index is 1500. The van der Waals surface area contributed by atoms with E-state index >= 15 is 0 Å². The van der Waals surface area contributed by atoms with Gasteiger partial charge in [0.15, 0.2) is 0 Å². The molecule has 190 valence electrons. The first-order valence-electron chi connectivity index (χ1n) is 12.7. The van der Waals surface area contributed by atoms with E-state index < -0.39 is 12.5 Å². The van der Waals surface area contributed by atoms with E-state index in [4.69, 9.17) is 14.0 Å². The van der Waals surface area contributed by atoms with E-state index in [0.29, 0.717) is 18.8 Å². The molecule has 2 aliphatic rings. The minimum atomic E-state index is -0.619. The van der Waals surface area contributed by atoms with E-state index in [-0.39, 0.29) is 5.41 Å². The molecular formula is C32H28BBrO4. The summed E-state index contributed by atoms with van der Waals surface area (Å²) in [5.74, 6) is 0.799. The van der Waals surface area contributed by atoms with E-state index in [9.17, 15) is 4.79 Å². The lowest BCUT2D eigenvalue weighted by Crippen LogP contribution is -2.48. The molecule has 1 heterocycles. The molecule has 1 aliphatic heterocycles. The third kappa shape index (κ3) is 3.94. The van der Waals surface area contributed by atoms with Crippen molar-refractivity contribution in [3.8, 4) is 16.9 Å². The molecule has 6 rings (SSSR count). The van der Waals surface area contributed by atoms with Gasteiger partial charge in [0.2, 0.25) is 0 Å². The van der Waals surface area contributed by atoms with Crippen LogP contribution in [-0.4, -0.2) is 33.7 Å². The Morgan fingerprint density at radius 2 is 1.53 bits per heavy atom. The summed E-state index contributed by atoms with van der Waals surface area (Å²) >= 11 is 3.74. The molecule has 0 N–H and O–H groups in total. The third-order valence-corrected chi connectivity index (χ3v) is 8.16. The summed E-state index contributed by atoms with van der Waals surface area (Å²) in [6.45, 7) is 5.57. The zero-order valence-electron chi connectivity index (χ0n) is 21.7. The maximum atomic E-state index is 11.5. The summed E-state index contributed by atoms with van der Waals surface area (Å²) in [4.78, 5) is 11.5. The molecule has 1 aliphatic carbocycles. The van der Waals surface area contributed by atoms with E-state index in [2.05, 4.69) is 90.4 Å². The smallest absolute Gasteiger partial charge is 0.494 e.